The predicted octanol–water partition coefficient (Wildman–Crippen LogP) is 12.1. The molecule has 4 heteroatoms. The van der Waals surface area contributed by atoms with Crippen LogP contribution in [0.25, 0.3) is 94.5 Å². The number of rotatable bonds is 5. The minimum absolute atomic E-state index is 0.670. The van der Waals surface area contributed by atoms with Crippen LogP contribution in [0.5, 0.6) is 0 Å². The van der Waals surface area contributed by atoms with Crippen LogP contribution in [0, 0.1) is 0 Å². The number of nitrogens with zero attached hydrogens (tertiary/aromatic N) is 3. The molecule has 0 saturated carbocycles. The first-order valence-electron chi connectivity index (χ1n) is 16.8. The summed E-state index contributed by atoms with van der Waals surface area (Å²) in [5.74, 6) is 0.670. The van der Waals surface area contributed by atoms with Gasteiger partial charge < -0.3 is 8.98 Å². The zero-order valence-corrected chi connectivity index (χ0v) is 27.0. The van der Waals surface area contributed by atoms with Crippen molar-refractivity contribution in [2.24, 2.45) is 0 Å². The van der Waals surface area contributed by atoms with Crippen LogP contribution in [-0.2, 0) is 0 Å². The summed E-state index contributed by atoms with van der Waals surface area (Å²) in [6.07, 6.45) is 0. The molecule has 10 rings (SSSR count). The van der Waals surface area contributed by atoms with E-state index in [-0.39, 0.29) is 0 Å². The number of hydrogen-bond donors (Lipinski definition) is 0. The zero-order valence-electron chi connectivity index (χ0n) is 27.0. The van der Waals surface area contributed by atoms with Gasteiger partial charge in [-0.15, -0.1) is 0 Å². The first-order chi connectivity index (χ1) is 24.8. The van der Waals surface area contributed by atoms with E-state index < -0.39 is 0 Å². The molecule has 0 amide bonds. The van der Waals surface area contributed by atoms with Gasteiger partial charge in [0.05, 0.1) is 11.0 Å². The molecule has 0 radical (unpaired) electrons. The van der Waals surface area contributed by atoms with E-state index in [1.54, 1.807) is 0 Å². The molecule has 0 saturated heterocycles. The summed E-state index contributed by atoms with van der Waals surface area (Å²) in [4.78, 5) is 10.2. The van der Waals surface area contributed by atoms with Crippen molar-refractivity contribution in [3.63, 3.8) is 0 Å². The number of fused-ring (bicyclic) bond motifs is 6. The van der Waals surface area contributed by atoms with Crippen LogP contribution in [0.3, 0.4) is 0 Å². The van der Waals surface area contributed by atoms with Crippen LogP contribution in [0.1, 0.15) is 0 Å². The monoisotopic (exact) mass is 639 g/mol. The van der Waals surface area contributed by atoms with Crippen LogP contribution < -0.4 is 0 Å². The Labute approximate surface area is 288 Å². The quantitative estimate of drug-likeness (QED) is 0.188. The van der Waals surface area contributed by atoms with E-state index in [2.05, 4.69) is 156 Å². The maximum atomic E-state index is 6.82. The number of hydrogen-bond acceptors (Lipinski definition) is 3. The van der Waals surface area contributed by atoms with Gasteiger partial charge in [-0.25, -0.2) is 9.97 Å². The Morgan fingerprint density at radius 2 is 0.920 bits per heavy atom. The van der Waals surface area contributed by atoms with Crippen molar-refractivity contribution in [1.82, 2.24) is 14.5 Å². The third-order valence-corrected chi connectivity index (χ3v) is 9.65. The normalized spacial score (nSPS) is 11.6. The molecule has 0 N–H and O–H groups in total. The first kappa shape index (κ1) is 28.3. The Hall–Kier alpha value is -6.78. The molecule has 0 fully saturated rings. The molecule has 3 aromatic heterocycles. The lowest BCUT2D eigenvalue weighted by atomic mass is 10.0. The van der Waals surface area contributed by atoms with Gasteiger partial charge in [0.25, 0.3) is 0 Å². The average molecular weight is 640 g/mol. The molecule has 7 aromatic carbocycles. The van der Waals surface area contributed by atoms with E-state index in [9.17, 15) is 0 Å². The van der Waals surface area contributed by atoms with Crippen molar-refractivity contribution in [3.8, 4) is 50.6 Å². The van der Waals surface area contributed by atoms with Crippen molar-refractivity contribution >= 4 is 43.9 Å². The molecule has 0 bridgehead atoms. The Morgan fingerprint density at radius 3 is 1.60 bits per heavy atom. The van der Waals surface area contributed by atoms with Crippen molar-refractivity contribution in [2.75, 3.05) is 0 Å². The lowest BCUT2D eigenvalue weighted by Gasteiger charge is -2.09. The molecule has 0 unspecified atom stereocenters. The summed E-state index contributed by atoms with van der Waals surface area (Å²) in [6, 6.07) is 61.4. The van der Waals surface area contributed by atoms with E-state index in [0.29, 0.717) is 11.4 Å². The molecule has 0 atom stereocenters. The van der Waals surface area contributed by atoms with E-state index >= 15 is 0 Å². The largest absolute Gasteiger partial charge is 0.451 e. The second-order valence-electron chi connectivity index (χ2n) is 12.6. The smallest absolute Gasteiger partial charge is 0.180 e. The van der Waals surface area contributed by atoms with Crippen molar-refractivity contribution in [1.29, 1.82) is 0 Å². The lowest BCUT2D eigenvalue weighted by molar-refractivity contribution is 0.668. The minimum Gasteiger partial charge on any atom is -0.451 e. The highest BCUT2D eigenvalue weighted by atomic mass is 16.3. The lowest BCUT2D eigenvalue weighted by Crippen LogP contribution is -1.93. The molecule has 10 aromatic rings. The van der Waals surface area contributed by atoms with Crippen LogP contribution in [0.2, 0.25) is 0 Å². The fourth-order valence-electron chi connectivity index (χ4n) is 7.25. The summed E-state index contributed by atoms with van der Waals surface area (Å²) in [6.45, 7) is 0. The zero-order chi connectivity index (χ0) is 33.0. The van der Waals surface area contributed by atoms with E-state index in [4.69, 9.17) is 14.4 Å². The second-order valence-corrected chi connectivity index (χ2v) is 12.6. The summed E-state index contributed by atoms with van der Waals surface area (Å²) in [7, 11) is 0. The van der Waals surface area contributed by atoms with E-state index in [0.717, 1.165) is 55.7 Å². The first-order valence-corrected chi connectivity index (χ1v) is 16.8. The molecule has 0 spiro atoms. The van der Waals surface area contributed by atoms with E-state index in [1.807, 2.05) is 24.3 Å². The summed E-state index contributed by atoms with van der Waals surface area (Å²) in [5, 5.41) is 3.46. The third kappa shape index (κ3) is 4.54. The van der Waals surface area contributed by atoms with Gasteiger partial charge in [-0.1, -0.05) is 146 Å². The molecule has 50 heavy (non-hydrogen) atoms. The number of furan rings is 1. The van der Waals surface area contributed by atoms with Crippen LogP contribution >= 0.6 is 0 Å². The molecular weight excluding hydrogens is 611 g/mol. The van der Waals surface area contributed by atoms with Gasteiger partial charge in [0.2, 0.25) is 0 Å². The van der Waals surface area contributed by atoms with Gasteiger partial charge in [-0.3, -0.25) is 0 Å². The predicted molar refractivity (Wildman–Crippen MR) is 205 cm³/mol. The number of benzene rings is 7. The summed E-state index contributed by atoms with van der Waals surface area (Å²) in [5.41, 5.74) is 12.9. The molecule has 0 aliphatic heterocycles. The average Bonchev–Trinajstić information content (AvgIpc) is 3.74. The maximum absolute atomic E-state index is 6.82. The van der Waals surface area contributed by atoms with Crippen molar-refractivity contribution < 1.29 is 4.42 Å². The maximum Gasteiger partial charge on any atom is 0.180 e. The van der Waals surface area contributed by atoms with Crippen LogP contribution in [-0.4, -0.2) is 14.5 Å². The third-order valence-electron chi connectivity index (χ3n) is 9.65. The molecule has 3 heterocycles. The molecule has 0 aliphatic rings. The van der Waals surface area contributed by atoms with Gasteiger partial charge >= 0.3 is 0 Å². The number of aromatic nitrogens is 3. The van der Waals surface area contributed by atoms with Crippen molar-refractivity contribution in [2.45, 2.75) is 0 Å². The van der Waals surface area contributed by atoms with Crippen molar-refractivity contribution in [3.05, 3.63) is 176 Å². The molecular formula is C46H29N3O. The molecule has 0 aliphatic carbocycles. The Kier molecular flexibility index (Phi) is 6.46. The van der Waals surface area contributed by atoms with E-state index in [1.165, 1.54) is 27.4 Å². The highest BCUT2D eigenvalue weighted by Crippen LogP contribution is 2.40. The Bertz CT molecular complexity index is 2780. The topological polar surface area (TPSA) is 43.9 Å². The Balaban J connectivity index is 1.13. The summed E-state index contributed by atoms with van der Waals surface area (Å²) >= 11 is 0. The SMILES string of the molecule is c1ccc(-c2ccc(-c3nc(-c4ccccc4)nc4c3oc3c(-c5ccc(-n6c7ccccc7c7ccccc76)cc5)cccc34)cc2)cc1. The van der Waals surface area contributed by atoms with Gasteiger partial charge in [-0.2, -0.15) is 0 Å². The Morgan fingerprint density at radius 1 is 0.380 bits per heavy atom. The second kappa shape index (κ2) is 11.4. The van der Waals surface area contributed by atoms with Gasteiger partial charge in [0, 0.05) is 38.5 Å². The standard InChI is InChI=1S/C46H29N3O/c1-3-12-30(13-4-1)31-22-24-33(25-23-31)42-45-43(48-46(47-42)34-14-5-2-6-15-34)39-19-11-18-36(44(39)50-45)32-26-28-35(29-27-32)49-40-20-9-7-16-37(40)38-17-8-10-21-41(38)49/h1-29H. The van der Waals surface area contributed by atoms with Gasteiger partial charge in [0.15, 0.2) is 11.4 Å². The van der Waals surface area contributed by atoms with Gasteiger partial charge in [0.1, 0.15) is 16.8 Å². The fraction of sp³-hybridized carbons (Fsp3) is 0. The number of para-hydroxylation sites is 3. The highest BCUT2D eigenvalue weighted by Gasteiger charge is 2.21. The summed E-state index contributed by atoms with van der Waals surface area (Å²) < 4.78 is 9.16. The molecule has 234 valence electrons. The van der Waals surface area contributed by atoms with Crippen LogP contribution in [0.4, 0.5) is 0 Å². The van der Waals surface area contributed by atoms with Crippen LogP contribution in [0.15, 0.2) is 180 Å². The molecule has 4 nitrogen and oxygen atoms in total. The fourth-order valence-corrected chi connectivity index (χ4v) is 7.25. The van der Waals surface area contributed by atoms with Gasteiger partial charge in [-0.05, 0) is 47.0 Å². The highest BCUT2D eigenvalue weighted by molar-refractivity contribution is 6.11. The minimum atomic E-state index is 0.670.